The predicted octanol–water partition coefficient (Wildman–Crippen LogP) is 12.8. The first-order valence-electron chi connectivity index (χ1n) is 20.1. The van der Waals surface area contributed by atoms with Crippen molar-refractivity contribution in [3.05, 3.63) is 122 Å². The zero-order valence-electron chi connectivity index (χ0n) is 32.8. The highest BCUT2D eigenvalue weighted by molar-refractivity contribution is 5.70. The summed E-state index contributed by atoms with van der Waals surface area (Å²) < 4.78 is 10.6. The van der Waals surface area contributed by atoms with E-state index in [1.54, 1.807) is 0 Å². The number of allylic oxidation sites excluding steroid dienone is 20. The second-order valence-corrected chi connectivity index (χ2v) is 12.6. The molecule has 290 valence electrons. The lowest BCUT2D eigenvalue weighted by molar-refractivity contribution is -0.161. The van der Waals surface area contributed by atoms with Gasteiger partial charge in [-0.25, -0.2) is 0 Å². The molecule has 5 heteroatoms. The van der Waals surface area contributed by atoms with Crippen LogP contribution in [0.2, 0.25) is 0 Å². The van der Waals surface area contributed by atoms with E-state index in [0.29, 0.717) is 12.8 Å². The molecule has 0 saturated heterocycles. The standard InChI is InChI=1S/C47H72O5/c1-3-5-7-9-11-13-15-17-19-21-23-25-27-29-31-33-35-37-39-41-46(49)51-44-45(43-48)52-47(50)42-40-38-36-34-32-30-28-26-24-22-20-18-16-14-12-10-8-6-4-2/h5-8,11-14,17-20,23-26,29-32,45,48H,3-4,9-10,15-16,21-22,27-28,33-44H2,1-2H3/b7-5-,8-6-,13-11-,14-12-,19-17-,20-18-,25-23-,26-24-,31-29-,32-30-/t45-/m0/s1. The van der Waals surface area contributed by atoms with Crippen molar-refractivity contribution >= 4 is 11.9 Å². The number of carbonyl (C=O) groups excluding carboxylic acids is 2. The first kappa shape index (κ1) is 48.3. The lowest BCUT2D eigenvalue weighted by Gasteiger charge is -2.15. The van der Waals surface area contributed by atoms with Gasteiger partial charge >= 0.3 is 11.9 Å². The Kier molecular flexibility index (Phi) is 38.8. The summed E-state index contributed by atoms with van der Waals surface area (Å²) in [5, 5.41) is 9.56. The van der Waals surface area contributed by atoms with E-state index in [2.05, 4.69) is 135 Å². The Morgan fingerprint density at radius 1 is 0.442 bits per heavy atom. The van der Waals surface area contributed by atoms with E-state index in [-0.39, 0.29) is 25.2 Å². The van der Waals surface area contributed by atoms with Crippen molar-refractivity contribution < 1.29 is 24.2 Å². The molecule has 0 heterocycles. The molecule has 0 aliphatic carbocycles. The largest absolute Gasteiger partial charge is 0.462 e. The average molecular weight is 717 g/mol. The summed E-state index contributed by atoms with van der Waals surface area (Å²) in [4.78, 5) is 24.3. The van der Waals surface area contributed by atoms with Gasteiger partial charge in [0.25, 0.3) is 0 Å². The van der Waals surface area contributed by atoms with Crippen LogP contribution in [-0.4, -0.2) is 36.4 Å². The van der Waals surface area contributed by atoms with Gasteiger partial charge in [0.05, 0.1) is 6.61 Å². The predicted molar refractivity (Wildman–Crippen MR) is 223 cm³/mol. The van der Waals surface area contributed by atoms with E-state index in [4.69, 9.17) is 9.47 Å². The van der Waals surface area contributed by atoms with E-state index in [1.165, 1.54) is 0 Å². The van der Waals surface area contributed by atoms with E-state index < -0.39 is 6.10 Å². The Labute approximate surface area is 318 Å². The molecule has 0 aromatic carbocycles. The number of aliphatic hydroxyl groups is 1. The number of unbranched alkanes of at least 4 members (excludes halogenated alkanes) is 6. The molecule has 0 aliphatic heterocycles. The quantitative estimate of drug-likeness (QED) is 0.0408. The van der Waals surface area contributed by atoms with Crippen molar-refractivity contribution in [1.82, 2.24) is 0 Å². The number of hydrogen-bond donors (Lipinski definition) is 1. The highest BCUT2D eigenvalue weighted by Gasteiger charge is 2.16. The van der Waals surface area contributed by atoms with Crippen molar-refractivity contribution in [2.75, 3.05) is 13.2 Å². The van der Waals surface area contributed by atoms with E-state index in [9.17, 15) is 14.7 Å². The van der Waals surface area contributed by atoms with Crippen LogP contribution in [0, 0.1) is 0 Å². The topological polar surface area (TPSA) is 72.8 Å². The minimum atomic E-state index is -0.812. The normalized spacial score (nSPS) is 13.5. The van der Waals surface area contributed by atoms with Crippen molar-refractivity contribution in [1.29, 1.82) is 0 Å². The third-order valence-corrected chi connectivity index (χ3v) is 7.75. The van der Waals surface area contributed by atoms with Crippen molar-refractivity contribution in [2.45, 2.75) is 148 Å². The van der Waals surface area contributed by atoms with E-state index >= 15 is 0 Å². The van der Waals surface area contributed by atoms with Gasteiger partial charge in [0, 0.05) is 12.8 Å². The van der Waals surface area contributed by atoms with E-state index in [0.717, 1.165) is 116 Å². The number of esters is 2. The summed E-state index contributed by atoms with van der Waals surface area (Å²) in [7, 11) is 0. The van der Waals surface area contributed by atoms with Gasteiger partial charge < -0.3 is 14.6 Å². The third kappa shape index (κ3) is 39.1. The van der Waals surface area contributed by atoms with Gasteiger partial charge in [-0.2, -0.15) is 0 Å². The summed E-state index contributed by atoms with van der Waals surface area (Å²) in [5.74, 6) is -0.681. The molecule has 0 saturated carbocycles. The Bertz CT molecular complexity index is 1130. The molecule has 0 rings (SSSR count). The zero-order chi connectivity index (χ0) is 37.8. The number of rotatable bonds is 34. The molecule has 0 radical (unpaired) electrons. The molecule has 1 N–H and O–H groups in total. The number of aliphatic hydroxyl groups excluding tert-OH is 1. The van der Waals surface area contributed by atoms with Crippen LogP contribution in [-0.2, 0) is 19.1 Å². The Morgan fingerprint density at radius 2 is 0.769 bits per heavy atom. The van der Waals surface area contributed by atoms with Crippen molar-refractivity contribution in [3.8, 4) is 0 Å². The molecule has 0 aliphatic rings. The average Bonchev–Trinajstić information content (AvgIpc) is 3.15. The van der Waals surface area contributed by atoms with Crippen LogP contribution in [0.15, 0.2) is 122 Å². The number of hydrogen-bond acceptors (Lipinski definition) is 5. The molecule has 52 heavy (non-hydrogen) atoms. The first-order chi connectivity index (χ1) is 25.6. The lowest BCUT2D eigenvalue weighted by Crippen LogP contribution is -2.28. The van der Waals surface area contributed by atoms with E-state index in [1.807, 2.05) is 0 Å². The fourth-order valence-electron chi connectivity index (χ4n) is 4.78. The number of carbonyl (C=O) groups is 2. The van der Waals surface area contributed by atoms with Crippen LogP contribution in [0.1, 0.15) is 142 Å². The minimum Gasteiger partial charge on any atom is -0.462 e. The molecular formula is C47H72O5. The van der Waals surface area contributed by atoms with Crippen LogP contribution in [0.3, 0.4) is 0 Å². The molecule has 0 spiro atoms. The maximum atomic E-state index is 12.2. The summed E-state index contributed by atoms with van der Waals surface area (Å²) in [5.41, 5.74) is 0. The third-order valence-electron chi connectivity index (χ3n) is 7.75. The second kappa shape index (κ2) is 41.7. The monoisotopic (exact) mass is 717 g/mol. The molecule has 5 nitrogen and oxygen atoms in total. The molecule has 0 aromatic rings. The van der Waals surface area contributed by atoms with Gasteiger partial charge in [0.1, 0.15) is 6.61 Å². The highest BCUT2D eigenvalue weighted by atomic mass is 16.6. The smallest absolute Gasteiger partial charge is 0.306 e. The summed E-state index contributed by atoms with van der Waals surface area (Å²) in [6.07, 6.45) is 61.1. The van der Waals surface area contributed by atoms with Crippen molar-refractivity contribution in [3.63, 3.8) is 0 Å². The zero-order valence-corrected chi connectivity index (χ0v) is 32.8. The van der Waals surface area contributed by atoms with Crippen LogP contribution >= 0.6 is 0 Å². The van der Waals surface area contributed by atoms with Crippen LogP contribution in [0.5, 0.6) is 0 Å². The molecule has 0 bridgehead atoms. The molecule has 1 atom stereocenters. The minimum absolute atomic E-state index is 0.106. The molecular weight excluding hydrogens is 645 g/mol. The maximum Gasteiger partial charge on any atom is 0.306 e. The van der Waals surface area contributed by atoms with Gasteiger partial charge in [-0.3, -0.25) is 9.59 Å². The van der Waals surface area contributed by atoms with Gasteiger partial charge in [-0.1, -0.05) is 148 Å². The van der Waals surface area contributed by atoms with Gasteiger partial charge in [-0.05, 0) is 103 Å². The Morgan fingerprint density at radius 3 is 1.12 bits per heavy atom. The van der Waals surface area contributed by atoms with Crippen LogP contribution in [0.4, 0.5) is 0 Å². The fraction of sp³-hybridized carbons (Fsp3) is 0.532. The maximum absolute atomic E-state index is 12.2. The molecule has 0 unspecified atom stereocenters. The molecule has 0 amide bonds. The van der Waals surface area contributed by atoms with Gasteiger partial charge in [0.2, 0.25) is 0 Å². The summed E-state index contributed by atoms with van der Waals surface area (Å²) in [6.45, 7) is 3.83. The fourth-order valence-corrected chi connectivity index (χ4v) is 4.78. The van der Waals surface area contributed by atoms with Crippen LogP contribution < -0.4 is 0 Å². The molecule has 0 aromatic heterocycles. The Hall–Kier alpha value is -3.70. The Balaban J connectivity index is 3.75. The summed E-state index contributed by atoms with van der Waals surface area (Å²) >= 11 is 0. The highest BCUT2D eigenvalue weighted by Crippen LogP contribution is 2.09. The lowest BCUT2D eigenvalue weighted by atomic mass is 10.1. The number of ether oxygens (including phenoxy) is 2. The van der Waals surface area contributed by atoms with Crippen molar-refractivity contribution in [2.24, 2.45) is 0 Å². The SMILES string of the molecule is CC/C=C\C/C=C\C/C=C\C/C=C\C/C=C\CCCCCC(=O)OC[C@H](CO)OC(=O)CCCCC/C=C\C/C=C\C/C=C\C/C=C\C/C=C\CC. The molecule has 0 fully saturated rings. The van der Waals surface area contributed by atoms with Gasteiger partial charge in [-0.15, -0.1) is 0 Å². The summed E-state index contributed by atoms with van der Waals surface area (Å²) in [6, 6.07) is 0. The van der Waals surface area contributed by atoms with Crippen LogP contribution in [0.25, 0.3) is 0 Å². The van der Waals surface area contributed by atoms with Gasteiger partial charge in [0.15, 0.2) is 6.10 Å². The second-order valence-electron chi connectivity index (χ2n) is 12.6. The first-order valence-corrected chi connectivity index (χ1v) is 20.1.